The number of anilines is 1. The zero-order valence-electron chi connectivity index (χ0n) is 11.4. The lowest BCUT2D eigenvalue weighted by Gasteiger charge is -2.29. The molecule has 1 aliphatic heterocycles. The van der Waals surface area contributed by atoms with Gasteiger partial charge in [-0.05, 0) is 38.0 Å². The Morgan fingerprint density at radius 1 is 1.53 bits per heavy atom. The van der Waals surface area contributed by atoms with Crippen LogP contribution in [0.3, 0.4) is 0 Å². The number of carbonyl (C=O) groups excluding carboxylic acids is 1. The molecule has 1 fully saturated rings. The van der Waals surface area contributed by atoms with Crippen LogP contribution in [0, 0.1) is 18.3 Å². The van der Waals surface area contributed by atoms with Gasteiger partial charge in [0.05, 0.1) is 12.5 Å². The standard InChI is InChI=1S/C15H19N3O/c1-11-4-3-5-13(10-11)18-9-7-12(2)17-15(19)14(18)6-8-16/h3-5,10,12,14H,6-7,9H2,1-2H3,(H,17,19). The maximum Gasteiger partial charge on any atom is 0.243 e. The van der Waals surface area contributed by atoms with E-state index in [2.05, 4.69) is 22.4 Å². The smallest absolute Gasteiger partial charge is 0.243 e. The fraction of sp³-hybridized carbons (Fsp3) is 0.467. The molecule has 2 unspecified atom stereocenters. The molecule has 100 valence electrons. The molecule has 1 amide bonds. The van der Waals surface area contributed by atoms with E-state index in [9.17, 15) is 4.79 Å². The highest BCUT2D eigenvalue weighted by atomic mass is 16.2. The Balaban J connectivity index is 2.33. The summed E-state index contributed by atoms with van der Waals surface area (Å²) in [5, 5.41) is 11.9. The lowest BCUT2D eigenvalue weighted by molar-refractivity contribution is -0.122. The van der Waals surface area contributed by atoms with E-state index in [1.165, 1.54) is 0 Å². The monoisotopic (exact) mass is 257 g/mol. The summed E-state index contributed by atoms with van der Waals surface area (Å²) < 4.78 is 0. The molecule has 2 rings (SSSR count). The molecule has 1 saturated heterocycles. The number of benzene rings is 1. The van der Waals surface area contributed by atoms with Gasteiger partial charge in [-0.1, -0.05) is 12.1 Å². The summed E-state index contributed by atoms with van der Waals surface area (Å²) in [7, 11) is 0. The SMILES string of the molecule is Cc1cccc(N2CCC(C)NC(=O)C2CC#N)c1. The number of rotatable bonds is 2. The van der Waals surface area contributed by atoms with Crippen molar-refractivity contribution in [3.63, 3.8) is 0 Å². The van der Waals surface area contributed by atoms with E-state index in [0.717, 1.165) is 24.2 Å². The zero-order chi connectivity index (χ0) is 13.8. The molecule has 1 aromatic rings. The average Bonchev–Trinajstić information content (AvgIpc) is 2.50. The summed E-state index contributed by atoms with van der Waals surface area (Å²) in [6.45, 7) is 4.82. The first-order valence-electron chi connectivity index (χ1n) is 6.62. The topological polar surface area (TPSA) is 56.1 Å². The third kappa shape index (κ3) is 3.05. The van der Waals surface area contributed by atoms with Gasteiger partial charge in [0, 0.05) is 18.3 Å². The number of nitrogens with zero attached hydrogens (tertiary/aromatic N) is 2. The van der Waals surface area contributed by atoms with Crippen molar-refractivity contribution in [1.82, 2.24) is 5.32 Å². The molecule has 2 atom stereocenters. The maximum atomic E-state index is 12.2. The van der Waals surface area contributed by atoms with E-state index >= 15 is 0 Å². The van der Waals surface area contributed by atoms with E-state index in [1.807, 2.05) is 32.0 Å². The van der Waals surface area contributed by atoms with Crippen molar-refractivity contribution in [1.29, 1.82) is 5.26 Å². The predicted molar refractivity (Wildman–Crippen MR) is 74.8 cm³/mol. The average molecular weight is 257 g/mol. The number of nitrogens with one attached hydrogen (secondary N) is 1. The predicted octanol–water partition coefficient (Wildman–Crippen LogP) is 1.99. The van der Waals surface area contributed by atoms with Gasteiger partial charge in [0.1, 0.15) is 6.04 Å². The van der Waals surface area contributed by atoms with Crippen LogP contribution in [-0.2, 0) is 4.79 Å². The van der Waals surface area contributed by atoms with Crippen molar-refractivity contribution in [2.75, 3.05) is 11.4 Å². The number of aryl methyl sites for hydroxylation is 1. The van der Waals surface area contributed by atoms with Gasteiger partial charge in [0.15, 0.2) is 0 Å². The van der Waals surface area contributed by atoms with E-state index < -0.39 is 6.04 Å². The molecule has 4 nitrogen and oxygen atoms in total. The molecule has 1 aromatic carbocycles. The van der Waals surface area contributed by atoms with Crippen molar-refractivity contribution >= 4 is 11.6 Å². The quantitative estimate of drug-likeness (QED) is 0.881. The van der Waals surface area contributed by atoms with Crippen LogP contribution in [-0.4, -0.2) is 24.5 Å². The highest BCUT2D eigenvalue weighted by Gasteiger charge is 2.30. The van der Waals surface area contributed by atoms with Gasteiger partial charge in [-0.25, -0.2) is 0 Å². The minimum Gasteiger partial charge on any atom is -0.359 e. The van der Waals surface area contributed by atoms with Crippen LogP contribution in [0.2, 0.25) is 0 Å². The third-order valence-electron chi connectivity index (χ3n) is 3.49. The minimum absolute atomic E-state index is 0.0481. The van der Waals surface area contributed by atoms with E-state index in [1.54, 1.807) is 0 Å². The summed E-state index contributed by atoms with van der Waals surface area (Å²) in [5.41, 5.74) is 2.18. The number of hydrogen-bond acceptors (Lipinski definition) is 3. The van der Waals surface area contributed by atoms with Gasteiger partial charge in [-0.2, -0.15) is 5.26 Å². The Morgan fingerprint density at radius 3 is 3.00 bits per heavy atom. The van der Waals surface area contributed by atoms with Crippen LogP contribution in [0.25, 0.3) is 0 Å². The van der Waals surface area contributed by atoms with Crippen LogP contribution in [0.5, 0.6) is 0 Å². The number of carbonyl (C=O) groups is 1. The molecule has 1 heterocycles. The first-order valence-corrected chi connectivity index (χ1v) is 6.62. The lowest BCUT2D eigenvalue weighted by atomic mass is 10.1. The van der Waals surface area contributed by atoms with Crippen LogP contribution in [0.4, 0.5) is 5.69 Å². The van der Waals surface area contributed by atoms with Crippen molar-refractivity contribution in [3.05, 3.63) is 29.8 Å². The van der Waals surface area contributed by atoms with Crippen molar-refractivity contribution in [2.24, 2.45) is 0 Å². The van der Waals surface area contributed by atoms with E-state index in [4.69, 9.17) is 5.26 Å². The third-order valence-corrected chi connectivity index (χ3v) is 3.49. The van der Waals surface area contributed by atoms with E-state index in [0.29, 0.717) is 0 Å². The maximum absolute atomic E-state index is 12.2. The fourth-order valence-corrected chi connectivity index (χ4v) is 2.45. The van der Waals surface area contributed by atoms with Gasteiger partial charge in [-0.15, -0.1) is 0 Å². The summed E-state index contributed by atoms with van der Waals surface area (Å²) in [4.78, 5) is 14.2. The Bertz CT molecular complexity index is 506. The van der Waals surface area contributed by atoms with Gasteiger partial charge in [0.25, 0.3) is 0 Å². The molecule has 1 N–H and O–H groups in total. The van der Waals surface area contributed by atoms with Gasteiger partial charge >= 0.3 is 0 Å². The van der Waals surface area contributed by atoms with Gasteiger partial charge in [0.2, 0.25) is 5.91 Å². The highest BCUT2D eigenvalue weighted by Crippen LogP contribution is 2.22. The van der Waals surface area contributed by atoms with Gasteiger partial charge < -0.3 is 10.2 Å². The van der Waals surface area contributed by atoms with Crippen molar-refractivity contribution in [2.45, 2.75) is 38.8 Å². The number of hydrogen-bond donors (Lipinski definition) is 1. The van der Waals surface area contributed by atoms with E-state index in [-0.39, 0.29) is 18.4 Å². The molecular weight excluding hydrogens is 238 g/mol. The Labute approximate surface area is 114 Å². The molecule has 0 aromatic heterocycles. The Kier molecular flexibility index (Phi) is 4.06. The van der Waals surface area contributed by atoms with Crippen LogP contribution in [0.1, 0.15) is 25.3 Å². The molecule has 0 saturated carbocycles. The normalized spacial score (nSPS) is 23.4. The Hall–Kier alpha value is -2.02. The van der Waals surface area contributed by atoms with Crippen molar-refractivity contribution < 1.29 is 4.79 Å². The number of nitriles is 1. The summed E-state index contributed by atoms with van der Waals surface area (Å²) in [6, 6.07) is 9.97. The fourth-order valence-electron chi connectivity index (χ4n) is 2.45. The molecule has 4 heteroatoms. The van der Waals surface area contributed by atoms with Crippen molar-refractivity contribution in [3.8, 4) is 6.07 Å². The molecule has 19 heavy (non-hydrogen) atoms. The van der Waals surface area contributed by atoms with Crippen LogP contribution >= 0.6 is 0 Å². The molecule has 1 aliphatic rings. The second kappa shape index (κ2) is 5.75. The molecular formula is C15H19N3O. The first-order chi connectivity index (χ1) is 9.11. The molecule has 0 radical (unpaired) electrons. The lowest BCUT2D eigenvalue weighted by Crippen LogP contribution is -2.45. The summed E-state index contributed by atoms with van der Waals surface area (Å²) in [5.74, 6) is -0.0481. The Morgan fingerprint density at radius 2 is 2.32 bits per heavy atom. The van der Waals surface area contributed by atoms with Gasteiger partial charge in [-0.3, -0.25) is 4.79 Å². The largest absolute Gasteiger partial charge is 0.359 e. The highest BCUT2D eigenvalue weighted by molar-refractivity contribution is 5.86. The zero-order valence-corrected chi connectivity index (χ0v) is 11.4. The molecule has 0 spiro atoms. The molecule has 0 aliphatic carbocycles. The minimum atomic E-state index is -0.392. The second-order valence-corrected chi connectivity index (χ2v) is 5.11. The van der Waals surface area contributed by atoms with Crippen LogP contribution in [0.15, 0.2) is 24.3 Å². The van der Waals surface area contributed by atoms with Crippen LogP contribution < -0.4 is 10.2 Å². The second-order valence-electron chi connectivity index (χ2n) is 5.11. The first kappa shape index (κ1) is 13.4. The summed E-state index contributed by atoms with van der Waals surface area (Å²) in [6.07, 6.45) is 1.11. The molecule has 0 bridgehead atoms. The summed E-state index contributed by atoms with van der Waals surface area (Å²) >= 11 is 0. The number of amides is 1.